The van der Waals surface area contributed by atoms with E-state index in [0.29, 0.717) is 4.99 Å². The molecule has 0 aromatic carbocycles. The van der Waals surface area contributed by atoms with E-state index in [2.05, 4.69) is 16.9 Å². The smallest absolute Gasteiger partial charge is 0.138 e. The largest absolute Gasteiger partial charge is 0.389 e. The normalized spacial score (nSPS) is 10.3. The summed E-state index contributed by atoms with van der Waals surface area (Å²) >= 11 is 4.87. The summed E-state index contributed by atoms with van der Waals surface area (Å²) in [4.78, 5) is 8.91. The fourth-order valence-corrected chi connectivity index (χ4v) is 1.60. The van der Waals surface area contributed by atoms with Crippen LogP contribution in [0.15, 0.2) is 30.7 Å². The van der Waals surface area contributed by atoms with E-state index >= 15 is 0 Å². The zero-order valence-corrected chi connectivity index (χ0v) is 9.74. The SMILES string of the molecule is CCc1nccn1-c1ccc(C(N)=S)cn1. The summed E-state index contributed by atoms with van der Waals surface area (Å²) in [6, 6.07) is 3.75. The first-order chi connectivity index (χ1) is 7.72. The standard InChI is InChI=1S/C11H12N4S/c1-2-9-13-5-6-15(9)10-4-3-8(7-14-10)11(12)16/h3-7H,2H2,1H3,(H2,12,16). The number of imidazole rings is 1. The number of aromatic nitrogens is 3. The Labute approximate surface area is 99.1 Å². The summed E-state index contributed by atoms with van der Waals surface area (Å²) in [5.74, 6) is 1.81. The zero-order chi connectivity index (χ0) is 11.5. The highest BCUT2D eigenvalue weighted by molar-refractivity contribution is 7.80. The van der Waals surface area contributed by atoms with Gasteiger partial charge in [-0.05, 0) is 12.1 Å². The summed E-state index contributed by atoms with van der Waals surface area (Å²) in [6.45, 7) is 2.06. The second-order valence-electron chi connectivity index (χ2n) is 3.34. The Morgan fingerprint density at radius 3 is 2.81 bits per heavy atom. The molecule has 0 spiro atoms. The Morgan fingerprint density at radius 1 is 1.44 bits per heavy atom. The van der Waals surface area contributed by atoms with Crippen LogP contribution in [0.25, 0.3) is 5.82 Å². The third-order valence-corrected chi connectivity index (χ3v) is 2.55. The van der Waals surface area contributed by atoms with E-state index in [-0.39, 0.29) is 0 Å². The summed E-state index contributed by atoms with van der Waals surface area (Å²) in [5.41, 5.74) is 6.29. The molecule has 0 aliphatic rings. The van der Waals surface area contributed by atoms with Gasteiger partial charge >= 0.3 is 0 Å². The fourth-order valence-electron chi connectivity index (χ4n) is 1.48. The van der Waals surface area contributed by atoms with Crippen LogP contribution in [-0.4, -0.2) is 19.5 Å². The second-order valence-corrected chi connectivity index (χ2v) is 3.78. The highest BCUT2D eigenvalue weighted by Gasteiger charge is 2.04. The molecule has 0 saturated carbocycles. The molecule has 0 bridgehead atoms. The zero-order valence-electron chi connectivity index (χ0n) is 8.92. The van der Waals surface area contributed by atoms with Gasteiger partial charge in [0, 0.05) is 30.6 Å². The summed E-state index contributed by atoms with van der Waals surface area (Å²) in [7, 11) is 0. The molecule has 2 aromatic heterocycles. The number of thiocarbonyl (C=S) groups is 1. The molecule has 2 rings (SSSR count). The Hall–Kier alpha value is -1.75. The maximum Gasteiger partial charge on any atom is 0.138 e. The van der Waals surface area contributed by atoms with Gasteiger partial charge in [-0.3, -0.25) is 4.57 Å². The van der Waals surface area contributed by atoms with Crippen LogP contribution in [0.3, 0.4) is 0 Å². The Kier molecular flexibility index (Phi) is 2.96. The van der Waals surface area contributed by atoms with Crippen LogP contribution in [0.1, 0.15) is 18.3 Å². The first-order valence-corrected chi connectivity index (χ1v) is 5.41. The van der Waals surface area contributed by atoms with Gasteiger partial charge < -0.3 is 5.73 Å². The number of aryl methyl sites for hydroxylation is 1. The van der Waals surface area contributed by atoms with E-state index in [0.717, 1.165) is 23.6 Å². The third kappa shape index (κ3) is 1.94. The number of hydrogen-bond acceptors (Lipinski definition) is 3. The minimum atomic E-state index is 0.361. The van der Waals surface area contributed by atoms with E-state index in [1.165, 1.54) is 0 Å². The fraction of sp³-hybridized carbons (Fsp3) is 0.182. The van der Waals surface area contributed by atoms with Crippen molar-refractivity contribution in [1.82, 2.24) is 14.5 Å². The van der Waals surface area contributed by atoms with Crippen LogP contribution in [0.5, 0.6) is 0 Å². The summed E-state index contributed by atoms with van der Waals surface area (Å²) in [5, 5.41) is 0. The van der Waals surface area contributed by atoms with E-state index in [9.17, 15) is 0 Å². The van der Waals surface area contributed by atoms with Gasteiger partial charge in [0.05, 0.1) is 0 Å². The van der Waals surface area contributed by atoms with Crippen molar-refractivity contribution in [3.63, 3.8) is 0 Å². The maximum atomic E-state index is 5.51. The number of rotatable bonds is 3. The first-order valence-electron chi connectivity index (χ1n) is 5.01. The van der Waals surface area contributed by atoms with Gasteiger partial charge in [0.25, 0.3) is 0 Å². The molecule has 0 aliphatic heterocycles. The molecule has 0 aliphatic carbocycles. The summed E-state index contributed by atoms with van der Waals surface area (Å²) in [6.07, 6.45) is 6.20. The van der Waals surface area contributed by atoms with Crippen LogP contribution in [-0.2, 0) is 6.42 Å². The van der Waals surface area contributed by atoms with Gasteiger partial charge in [0.1, 0.15) is 16.6 Å². The van der Waals surface area contributed by atoms with Crippen molar-refractivity contribution in [3.05, 3.63) is 42.1 Å². The molecule has 5 heteroatoms. The molecule has 4 nitrogen and oxygen atoms in total. The molecule has 2 heterocycles. The van der Waals surface area contributed by atoms with E-state index in [4.69, 9.17) is 18.0 Å². The van der Waals surface area contributed by atoms with Crippen LogP contribution in [0, 0.1) is 0 Å². The number of nitrogens with zero attached hydrogens (tertiary/aromatic N) is 3. The Morgan fingerprint density at radius 2 is 2.25 bits per heavy atom. The van der Waals surface area contributed by atoms with Crippen molar-refractivity contribution in [3.8, 4) is 5.82 Å². The Bertz CT molecular complexity index is 501. The van der Waals surface area contributed by atoms with Crippen molar-refractivity contribution in [2.75, 3.05) is 0 Å². The monoisotopic (exact) mass is 232 g/mol. The average Bonchev–Trinajstić information content (AvgIpc) is 2.77. The van der Waals surface area contributed by atoms with Gasteiger partial charge in [-0.2, -0.15) is 0 Å². The first kappa shape index (κ1) is 10.8. The molecule has 0 saturated heterocycles. The molecule has 2 aromatic rings. The molecule has 0 unspecified atom stereocenters. The number of nitrogens with two attached hydrogens (primary N) is 1. The molecule has 0 atom stereocenters. The minimum absolute atomic E-state index is 0.361. The van der Waals surface area contributed by atoms with E-state index in [1.807, 2.05) is 22.9 Å². The number of hydrogen-bond donors (Lipinski definition) is 1. The van der Waals surface area contributed by atoms with E-state index in [1.54, 1.807) is 12.4 Å². The van der Waals surface area contributed by atoms with Crippen molar-refractivity contribution in [1.29, 1.82) is 0 Å². The highest BCUT2D eigenvalue weighted by Crippen LogP contribution is 2.09. The Balaban J connectivity index is 2.38. The van der Waals surface area contributed by atoms with Crippen LogP contribution in [0.4, 0.5) is 0 Å². The van der Waals surface area contributed by atoms with Crippen molar-refractivity contribution in [2.24, 2.45) is 5.73 Å². The minimum Gasteiger partial charge on any atom is -0.389 e. The lowest BCUT2D eigenvalue weighted by Crippen LogP contribution is -2.10. The lowest BCUT2D eigenvalue weighted by molar-refractivity contribution is 0.867. The van der Waals surface area contributed by atoms with Crippen LogP contribution >= 0.6 is 12.2 Å². The van der Waals surface area contributed by atoms with Crippen molar-refractivity contribution >= 4 is 17.2 Å². The number of pyridine rings is 1. The third-order valence-electron chi connectivity index (χ3n) is 2.31. The summed E-state index contributed by atoms with van der Waals surface area (Å²) < 4.78 is 1.95. The van der Waals surface area contributed by atoms with Gasteiger partial charge in [0.2, 0.25) is 0 Å². The predicted molar refractivity (Wildman–Crippen MR) is 66.6 cm³/mol. The van der Waals surface area contributed by atoms with Gasteiger partial charge in [-0.15, -0.1) is 0 Å². The van der Waals surface area contributed by atoms with Crippen LogP contribution in [0.2, 0.25) is 0 Å². The molecule has 0 fully saturated rings. The van der Waals surface area contributed by atoms with Crippen molar-refractivity contribution in [2.45, 2.75) is 13.3 Å². The van der Waals surface area contributed by atoms with Gasteiger partial charge in [0.15, 0.2) is 0 Å². The highest BCUT2D eigenvalue weighted by atomic mass is 32.1. The predicted octanol–water partition coefficient (Wildman–Crippen LogP) is 1.46. The van der Waals surface area contributed by atoms with Crippen LogP contribution < -0.4 is 5.73 Å². The van der Waals surface area contributed by atoms with Gasteiger partial charge in [-0.25, -0.2) is 9.97 Å². The molecule has 82 valence electrons. The van der Waals surface area contributed by atoms with E-state index < -0.39 is 0 Å². The molecule has 0 radical (unpaired) electrons. The quantitative estimate of drug-likeness (QED) is 0.814. The molecule has 16 heavy (non-hydrogen) atoms. The molecular weight excluding hydrogens is 220 g/mol. The van der Waals surface area contributed by atoms with Crippen molar-refractivity contribution < 1.29 is 0 Å². The lowest BCUT2D eigenvalue weighted by Gasteiger charge is -2.05. The second kappa shape index (κ2) is 4.40. The molecular formula is C11H12N4S. The van der Waals surface area contributed by atoms with Gasteiger partial charge in [-0.1, -0.05) is 19.1 Å². The topological polar surface area (TPSA) is 56.7 Å². The maximum absolute atomic E-state index is 5.51. The average molecular weight is 232 g/mol. The molecule has 2 N–H and O–H groups in total. The lowest BCUT2D eigenvalue weighted by atomic mass is 10.3. The molecule has 0 amide bonds.